The Labute approximate surface area is 89.7 Å². The number of nitrogens with zero attached hydrogens (tertiary/aromatic N) is 2. The van der Waals surface area contributed by atoms with Crippen molar-refractivity contribution in [2.75, 3.05) is 30.3 Å². The second-order valence-corrected chi connectivity index (χ2v) is 4.02. The molecule has 3 N–H and O–H groups in total. The van der Waals surface area contributed by atoms with Crippen LogP contribution in [-0.4, -0.2) is 29.8 Å². The van der Waals surface area contributed by atoms with Crippen LogP contribution in [0.1, 0.15) is 12.8 Å². The van der Waals surface area contributed by atoms with E-state index in [1.807, 2.05) is 12.1 Å². The maximum absolute atomic E-state index is 9.05. The minimum absolute atomic E-state index is 0.302. The second-order valence-electron chi connectivity index (χ2n) is 4.02. The van der Waals surface area contributed by atoms with Gasteiger partial charge in [-0.2, -0.15) is 0 Å². The summed E-state index contributed by atoms with van der Waals surface area (Å²) < 4.78 is 0. The average Bonchev–Trinajstić information content (AvgIpc) is 2.30. The molecule has 0 aliphatic carbocycles. The fourth-order valence-corrected chi connectivity index (χ4v) is 2.03. The summed E-state index contributed by atoms with van der Waals surface area (Å²) in [5.41, 5.74) is 6.84. The van der Waals surface area contributed by atoms with Crippen LogP contribution < -0.4 is 10.6 Å². The predicted octanol–water partition coefficient (Wildman–Crippen LogP) is 0.872. The number of aliphatic hydroxyl groups is 1. The van der Waals surface area contributed by atoms with Crippen LogP contribution in [-0.2, 0) is 0 Å². The number of hydrogen-bond donors (Lipinski definition) is 2. The quantitative estimate of drug-likeness (QED) is 0.755. The first-order valence-electron chi connectivity index (χ1n) is 5.37. The first kappa shape index (κ1) is 10.2. The van der Waals surface area contributed by atoms with Crippen LogP contribution in [0.15, 0.2) is 18.3 Å². The monoisotopic (exact) mass is 207 g/mol. The third kappa shape index (κ3) is 2.21. The Bertz CT molecular complexity index is 321. The predicted molar refractivity (Wildman–Crippen MR) is 60.7 cm³/mol. The lowest BCUT2D eigenvalue weighted by Gasteiger charge is -2.33. The standard InChI is InChI=1S/C11H17N3O/c12-11-10(2-1-5-13-11)14-6-3-9(8-15)4-7-14/h1-2,5,9,15H,3-4,6-8H2,(H2,12,13). The normalized spacial score (nSPS) is 18.1. The van der Waals surface area contributed by atoms with Gasteiger partial charge in [-0.25, -0.2) is 4.98 Å². The van der Waals surface area contributed by atoms with Crippen molar-refractivity contribution in [3.63, 3.8) is 0 Å². The highest BCUT2D eigenvalue weighted by Crippen LogP contribution is 2.25. The zero-order valence-corrected chi connectivity index (χ0v) is 8.76. The first-order valence-corrected chi connectivity index (χ1v) is 5.37. The largest absolute Gasteiger partial charge is 0.396 e. The minimum Gasteiger partial charge on any atom is -0.396 e. The van der Waals surface area contributed by atoms with Crippen molar-refractivity contribution in [1.29, 1.82) is 0 Å². The van der Waals surface area contributed by atoms with Crippen LogP contribution in [0.3, 0.4) is 0 Å². The number of pyridine rings is 1. The van der Waals surface area contributed by atoms with Gasteiger partial charge in [0.25, 0.3) is 0 Å². The Morgan fingerprint density at radius 2 is 2.20 bits per heavy atom. The zero-order chi connectivity index (χ0) is 10.7. The van der Waals surface area contributed by atoms with Crippen molar-refractivity contribution in [2.24, 2.45) is 5.92 Å². The van der Waals surface area contributed by atoms with E-state index in [0.717, 1.165) is 31.6 Å². The molecule has 2 rings (SSSR count). The van der Waals surface area contributed by atoms with Crippen LogP contribution in [0.25, 0.3) is 0 Å². The van der Waals surface area contributed by atoms with Crippen LogP contribution in [0, 0.1) is 5.92 Å². The molecule has 1 fully saturated rings. The van der Waals surface area contributed by atoms with E-state index in [0.29, 0.717) is 18.3 Å². The molecule has 0 amide bonds. The Morgan fingerprint density at radius 1 is 1.47 bits per heavy atom. The smallest absolute Gasteiger partial charge is 0.146 e. The molecule has 0 unspecified atom stereocenters. The fourth-order valence-electron chi connectivity index (χ4n) is 2.03. The molecular formula is C11H17N3O. The zero-order valence-electron chi connectivity index (χ0n) is 8.76. The van der Waals surface area contributed by atoms with Crippen molar-refractivity contribution in [3.05, 3.63) is 18.3 Å². The van der Waals surface area contributed by atoms with Crippen molar-refractivity contribution in [3.8, 4) is 0 Å². The summed E-state index contributed by atoms with van der Waals surface area (Å²) in [5.74, 6) is 1.05. The van der Waals surface area contributed by atoms with Gasteiger partial charge < -0.3 is 15.7 Å². The summed E-state index contributed by atoms with van der Waals surface area (Å²) in [6.45, 7) is 2.22. The van der Waals surface area contributed by atoms with E-state index < -0.39 is 0 Å². The van der Waals surface area contributed by atoms with Crippen LogP contribution >= 0.6 is 0 Å². The van der Waals surface area contributed by atoms with Gasteiger partial charge in [0.2, 0.25) is 0 Å². The van der Waals surface area contributed by atoms with E-state index in [2.05, 4.69) is 9.88 Å². The van der Waals surface area contributed by atoms with Gasteiger partial charge in [-0.15, -0.1) is 0 Å². The summed E-state index contributed by atoms with van der Waals surface area (Å²) in [7, 11) is 0. The SMILES string of the molecule is Nc1ncccc1N1CCC(CO)CC1. The molecule has 2 heterocycles. The summed E-state index contributed by atoms with van der Waals surface area (Å²) in [6, 6.07) is 3.91. The van der Waals surface area contributed by atoms with Crippen LogP contribution in [0.4, 0.5) is 11.5 Å². The molecule has 15 heavy (non-hydrogen) atoms. The van der Waals surface area contributed by atoms with E-state index in [-0.39, 0.29) is 0 Å². The van der Waals surface area contributed by atoms with Gasteiger partial charge in [-0.05, 0) is 30.9 Å². The van der Waals surface area contributed by atoms with E-state index in [9.17, 15) is 0 Å². The molecule has 1 aliphatic heterocycles. The lowest BCUT2D eigenvalue weighted by atomic mass is 9.97. The van der Waals surface area contributed by atoms with Gasteiger partial charge in [0, 0.05) is 25.9 Å². The first-order chi connectivity index (χ1) is 7.31. The highest BCUT2D eigenvalue weighted by atomic mass is 16.3. The molecule has 1 aromatic heterocycles. The molecule has 4 nitrogen and oxygen atoms in total. The topological polar surface area (TPSA) is 62.4 Å². The Hall–Kier alpha value is -1.29. The Kier molecular flexibility index (Phi) is 3.06. The van der Waals surface area contributed by atoms with Gasteiger partial charge in [0.05, 0.1) is 5.69 Å². The number of nitrogen functional groups attached to an aromatic ring is 1. The summed E-state index contributed by atoms with van der Waals surface area (Å²) >= 11 is 0. The molecule has 1 aromatic rings. The van der Waals surface area contributed by atoms with E-state index >= 15 is 0 Å². The number of anilines is 2. The maximum Gasteiger partial charge on any atom is 0.146 e. The molecule has 0 atom stereocenters. The van der Waals surface area contributed by atoms with Crippen molar-refractivity contribution < 1.29 is 5.11 Å². The number of rotatable bonds is 2. The molecule has 0 bridgehead atoms. The highest BCUT2D eigenvalue weighted by Gasteiger charge is 2.19. The molecule has 0 radical (unpaired) electrons. The number of aromatic nitrogens is 1. The van der Waals surface area contributed by atoms with Crippen LogP contribution in [0.2, 0.25) is 0 Å². The van der Waals surface area contributed by atoms with Gasteiger partial charge in [0.15, 0.2) is 0 Å². The lowest BCUT2D eigenvalue weighted by Crippen LogP contribution is -2.35. The third-order valence-electron chi connectivity index (χ3n) is 3.03. The molecular weight excluding hydrogens is 190 g/mol. The lowest BCUT2D eigenvalue weighted by molar-refractivity contribution is 0.203. The van der Waals surface area contributed by atoms with Crippen molar-refractivity contribution in [1.82, 2.24) is 4.98 Å². The molecule has 4 heteroatoms. The fraction of sp³-hybridized carbons (Fsp3) is 0.545. The Balaban J connectivity index is 2.04. The number of piperidine rings is 1. The number of nitrogens with two attached hydrogens (primary N) is 1. The summed E-state index contributed by atoms with van der Waals surface area (Å²) in [6.07, 6.45) is 3.77. The maximum atomic E-state index is 9.05. The van der Waals surface area contributed by atoms with E-state index in [1.165, 1.54) is 0 Å². The molecule has 0 aromatic carbocycles. The molecule has 1 saturated heterocycles. The van der Waals surface area contributed by atoms with E-state index in [4.69, 9.17) is 10.8 Å². The molecule has 0 spiro atoms. The average molecular weight is 207 g/mol. The number of aliphatic hydroxyl groups excluding tert-OH is 1. The van der Waals surface area contributed by atoms with Crippen molar-refractivity contribution in [2.45, 2.75) is 12.8 Å². The molecule has 82 valence electrons. The minimum atomic E-state index is 0.302. The third-order valence-corrected chi connectivity index (χ3v) is 3.03. The highest BCUT2D eigenvalue weighted by molar-refractivity contribution is 5.63. The van der Waals surface area contributed by atoms with Gasteiger partial charge >= 0.3 is 0 Å². The summed E-state index contributed by atoms with van der Waals surface area (Å²) in [4.78, 5) is 6.32. The van der Waals surface area contributed by atoms with Gasteiger partial charge in [-0.3, -0.25) is 0 Å². The molecule has 0 saturated carbocycles. The van der Waals surface area contributed by atoms with Gasteiger partial charge in [-0.1, -0.05) is 0 Å². The van der Waals surface area contributed by atoms with Crippen molar-refractivity contribution >= 4 is 11.5 Å². The van der Waals surface area contributed by atoms with Crippen LogP contribution in [0.5, 0.6) is 0 Å². The second kappa shape index (κ2) is 4.49. The van der Waals surface area contributed by atoms with Gasteiger partial charge in [0.1, 0.15) is 5.82 Å². The Morgan fingerprint density at radius 3 is 2.80 bits per heavy atom. The number of hydrogen-bond acceptors (Lipinski definition) is 4. The summed E-state index contributed by atoms with van der Waals surface area (Å²) in [5, 5.41) is 9.05. The molecule has 1 aliphatic rings. The van der Waals surface area contributed by atoms with E-state index in [1.54, 1.807) is 6.20 Å².